The van der Waals surface area contributed by atoms with Crippen molar-refractivity contribution in [2.75, 3.05) is 25.6 Å². The summed E-state index contributed by atoms with van der Waals surface area (Å²) in [4.78, 5) is 11.6. The van der Waals surface area contributed by atoms with Gasteiger partial charge in [-0.05, 0) is 24.3 Å². The van der Waals surface area contributed by atoms with Crippen LogP contribution in [0, 0.1) is 0 Å². The topological polar surface area (TPSA) is 74.7 Å². The van der Waals surface area contributed by atoms with Crippen LogP contribution < -0.4 is 5.73 Å². The number of hydrogen-bond acceptors (Lipinski definition) is 5. The van der Waals surface area contributed by atoms with Crippen LogP contribution in [0.15, 0.2) is 28.7 Å². The Kier molecular flexibility index (Phi) is 4.37. The number of hydrogen-bond donors (Lipinski definition) is 1. The number of furan rings is 1. The molecule has 5 nitrogen and oxygen atoms in total. The lowest BCUT2D eigenvalue weighted by molar-refractivity contribution is -0.175. The van der Waals surface area contributed by atoms with Crippen molar-refractivity contribution in [3.05, 3.63) is 30.0 Å². The zero-order valence-corrected chi connectivity index (χ0v) is 10.8. The Morgan fingerprint density at radius 3 is 2.71 bits per heavy atom. The minimum absolute atomic E-state index is 0.0496. The van der Waals surface area contributed by atoms with Gasteiger partial charge in [-0.2, -0.15) is 13.2 Å². The maximum atomic E-state index is 11.8. The van der Waals surface area contributed by atoms with E-state index in [9.17, 15) is 18.0 Å². The molecule has 21 heavy (non-hydrogen) atoms. The van der Waals surface area contributed by atoms with Crippen LogP contribution in [0.5, 0.6) is 0 Å². The predicted molar refractivity (Wildman–Crippen MR) is 67.8 cm³/mol. The molecule has 0 radical (unpaired) electrons. The number of ether oxygens (including phenoxy) is 2. The minimum atomic E-state index is -4.40. The smallest absolute Gasteiger partial charge is 0.411 e. The van der Waals surface area contributed by atoms with E-state index in [1.54, 1.807) is 18.2 Å². The van der Waals surface area contributed by atoms with E-state index < -0.39 is 18.8 Å². The Bertz CT molecular complexity index is 636. The third-order valence-corrected chi connectivity index (χ3v) is 2.47. The van der Waals surface area contributed by atoms with E-state index in [4.69, 9.17) is 14.9 Å². The molecule has 1 aromatic carbocycles. The fraction of sp³-hybridized carbons (Fsp3) is 0.308. The van der Waals surface area contributed by atoms with Gasteiger partial charge in [0.05, 0.1) is 6.61 Å². The number of alkyl halides is 3. The highest BCUT2D eigenvalue weighted by molar-refractivity contribution is 5.93. The van der Waals surface area contributed by atoms with E-state index >= 15 is 0 Å². The van der Waals surface area contributed by atoms with Crippen LogP contribution >= 0.6 is 0 Å². The number of rotatable bonds is 5. The van der Waals surface area contributed by atoms with Crippen molar-refractivity contribution in [1.82, 2.24) is 0 Å². The molecule has 2 aromatic rings. The van der Waals surface area contributed by atoms with Crippen LogP contribution in [0.4, 0.5) is 18.9 Å². The fourth-order valence-corrected chi connectivity index (χ4v) is 1.61. The summed E-state index contributed by atoms with van der Waals surface area (Å²) in [6.07, 6.45) is -4.40. The van der Waals surface area contributed by atoms with E-state index in [0.29, 0.717) is 16.7 Å². The fourth-order valence-electron chi connectivity index (χ4n) is 1.61. The number of fused-ring (bicyclic) bond motifs is 1. The van der Waals surface area contributed by atoms with E-state index in [2.05, 4.69) is 4.74 Å². The van der Waals surface area contributed by atoms with Crippen molar-refractivity contribution in [1.29, 1.82) is 0 Å². The van der Waals surface area contributed by atoms with Crippen LogP contribution in [-0.2, 0) is 9.47 Å². The molecule has 114 valence electrons. The number of nitrogens with two attached hydrogens (primary N) is 1. The number of anilines is 1. The quantitative estimate of drug-likeness (QED) is 0.522. The van der Waals surface area contributed by atoms with E-state index in [1.165, 1.54) is 6.07 Å². The molecule has 0 fully saturated rings. The zero-order valence-electron chi connectivity index (χ0n) is 10.8. The Morgan fingerprint density at radius 1 is 1.24 bits per heavy atom. The van der Waals surface area contributed by atoms with Crippen molar-refractivity contribution in [3.8, 4) is 0 Å². The first-order valence-corrected chi connectivity index (χ1v) is 5.96. The first-order chi connectivity index (χ1) is 9.85. The molecule has 0 atom stereocenters. The Morgan fingerprint density at radius 2 is 2.00 bits per heavy atom. The summed E-state index contributed by atoms with van der Waals surface area (Å²) in [5.74, 6) is -0.827. The van der Waals surface area contributed by atoms with Crippen LogP contribution in [0.25, 0.3) is 11.0 Å². The largest absolute Gasteiger partial charge is 0.457 e. The summed E-state index contributed by atoms with van der Waals surface area (Å²) >= 11 is 0. The van der Waals surface area contributed by atoms with Crippen molar-refractivity contribution in [2.24, 2.45) is 0 Å². The molecule has 2 N–H and O–H groups in total. The lowest BCUT2D eigenvalue weighted by Crippen LogP contribution is -2.19. The van der Waals surface area contributed by atoms with Gasteiger partial charge >= 0.3 is 12.1 Å². The molecule has 0 unspecified atom stereocenters. The number of esters is 1. The van der Waals surface area contributed by atoms with Crippen molar-refractivity contribution in [3.63, 3.8) is 0 Å². The van der Waals surface area contributed by atoms with Crippen molar-refractivity contribution < 1.29 is 31.9 Å². The van der Waals surface area contributed by atoms with Crippen molar-refractivity contribution >= 4 is 22.6 Å². The summed E-state index contributed by atoms with van der Waals surface area (Å²) in [6, 6.07) is 6.30. The Balaban J connectivity index is 1.85. The van der Waals surface area contributed by atoms with E-state index in [0.717, 1.165) is 0 Å². The summed E-state index contributed by atoms with van der Waals surface area (Å²) in [7, 11) is 0. The van der Waals surface area contributed by atoms with Crippen LogP contribution in [-0.4, -0.2) is 32.0 Å². The monoisotopic (exact) mass is 303 g/mol. The molecule has 0 bridgehead atoms. The highest BCUT2D eigenvalue weighted by Gasteiger charge is 2.27. The molecule has 1 aromatic heterocycles. The van der Waals surface area contributed by atoms with Crippen LogP contribution in [0.3, 0.4) is 0 Å². The standard InChI is InChI=1S/C13H12F3NO4/c14-13(15,16)7-19-3-4-20-12(18)11-6-8-5-9(17)1-2-10(8)21-11/h1-2,5-6H,3-4,7,17H2. The summed E-state index contributed by atoms with van der Waals surface area (Å²) in [5, 5.41) is 0.635. The van der Waals surface area contributed by atoms with Gasteiger partial charge in [0.2, 0.25) is 5.76 Å². The molecule has 0 spiro atoms. The maximum Gasteiger partial charge on any atom is 0.411 e. The normalized spacial score (nSPS) is 11.8. The maximum absolute atomic E-state index is 11.8. The lowest BCUT2D eigenvalue weighted by atomic mass is 10.2. The van der Waals surface area contributed by atoms with Gasteiger partial charge in [0.25, 0.3) is 0 Å². The van der Waals surface area contributed by atoms with Gasteiger partial charge in [-0.25, -0.2) is 4.79 Å². The number of nitrogen functional groups attached to an aromatic ring is 1. The number of benzene rings is 1. The second-order valence-corrected chi connectivity index (χ2v) is 4.21. The highest BCUT2D eigenvalue weighted by Crippen LogP contribution is 2.22. The van der Waals surface area contributed by atoms with Crippen molar-refractivity contribution in [2.45, 2.75) is 6.18 Å². The first-order valence-electron chi connectivity index (χ1n) is 5.96. The minimum Gasteiger partial charge on any atom is -0.457 e. The highest BCUT2D eigenvalue weighted by atomic mass is 19.4. The van der Waals surface area contributed by atoms with Gasteiger partial charge in [-0.3, -0.25) is 0 Å². The van der Waals surface area contributed by atoms with Gasteiger partial charge in [-0.15, -0.1) is 0 Å². The lowest BCUT2D eigenvalue weighted by Gasteiger charge is -2.07. The predicted octanol–water partition coefficient (Wildman–Crippen LogP) is 2.75. The SMILES string of the molecule is Nc1ccc2oc(C(=O)OCCOCC(F)(F)F)cc2c1. The van der Waals surface area contributed by atoms with Crippen LogP contribution in [0.1, 0.15) is 10.6 Å². The van der Waals surface area contributed by atoms with Gasteiger partial charge in [0, 0.05) is 11.1 Å². The first kappa shape index (κ1) is 15.2. The molecule has 0 saturated carbocycles. The van der Waals surface area contributed by atoms with Gasteiger partial charge in [0.1, 0.15) is 18.8 Å². The third-order valence-electron chi connectivity index (χ3n) is 2.47. The average molecular weight is 303 g/mol. The second kappa shape index (κ2) is 6.04. The molecule has 2 rings (SSSR count). The molecule has 8 heteroatoms. The number of carbonyl (C=O) groups excluding carboxylic acids is 1. The Hall–Kier alpha value is -2.22. The van der Waals surface area contributed by atoms with Gasteiger partial charge in [0.15, 0.2) is 0 Å². The van der Waals surface area contributed by atoms with Crippen LogP contribution in [0.2, 0.25) is 0 Å². The second-order valence-electron chi connectivity index (χ2n) is 4.21. The molecular formula is C13H12F3NO4. The summed E-state index contributed by atoms with van der Waals surface area (Å²) in [6.45, 7) is -2.03. The average Bonchev–Trinajstić information content (AvgIpc) is 2.79. The zero-order chi connectivity index (χ0) is 15.5. The van der Waals surface area contributed by atoms with Gasteiger partial charge < -0.3 is 19.6 Å². The molecule has 0 saturated heterocycles. The number of halogens is 3. The Labute approximate surface area is 117 Å². The molecule has 0 aliphatic rings. The van der Waals surface area contributed by atoms with E-state index in [1.807, 2.05) is 0 Å². The molecular weight excluding hydrogens is 291 g/mol. The molecule has 1 heterocycles. The van der Waals surface area contributed by atoms with Gasteiger partial charge in [-0.1, -0.05) is 0 Å². The third kappa shape index (κ3) is 4.38. The summed E-state index contributed by atoms with van der Waals surface area (Å²) < 4.78 is 49.7. The number of carbonyl (C=O) groups is 1. The molecule has 0 amide bonds. The molecule has 0 aliphatic heterocycles. The molecule has 0 aliphatic carbocycles. The van der Waals surface area contributed by atoms with E-state index in [-0.39, 0.29) is 19.0 Å². The summed E-state index contributed by atoms with van der Waals surface area (Å²) in [5.41, 5.74) is 6.57.